The van der Waals surface area contributed by atoms with Crippen molar-refractivity contribution < 1.29 is 0 Å². The van der Waals surface area contributed by atoms with Crippen LogP contribution in [0.2, 0.25) is 0 Å². The average molecular weight is 780 g/mol. The summed E-state index contributed by atoms with van der Waals surface area (Å²) >= 11 is 1.95. The Morgan fingerprint density at radius 3 is 1.83 bits per heavy atom. The third kappa shape index (κ3) is 4.78. The van der Waals surface area contributed by atoms with Crippen molar-refractivity contribution in [3.8, 4) is 33.4 Å². The van der Waals surface area contributed by atoms with Crippen LogP contribution in [-0.2, 0) is 16.2 Å². The molecule has 0 unspecified atom stereocenters. The van der Waals surface area contributed by atoms with Gasteiger partial charge in [-0.1, -0.05) is 150 Å². The van der Waals surface area contributed by atoms with Gasteiger partial charge < -0.3 is 4.90 Å². The maximum atomic E-state index is 2.68. The van der Waals surface area contributed by atoms with Crippen molar-refractivity contribution in [1.29, 1.82) is 0 Å². The van der Waals surface area contributed by atoms with E-state index < -0.39 is 0 Å². The third-order valence-electron chi connectivity index (χ3n) is 14.9. The number of thiophene rings is 1. The maximum absolute atomic E-state index is 2.68. The molecule has 288 valence electrons. The number of allylic oxidation sites excluding steroid dienone is 2. The molecule has 1 heterocycles. The second kappa shape index (κ2) is 12.2. The summed E-state index contributed by atoms with van der Waals surface area (Å²) in [6.07, 6.45) is 4.99. The van der Waals surface area contributed by atoms with Gasteiger partial charge in [-0.25, -0.2) is 0 Å². The van der Waals surface area contributed by atoms with Crippen molar-refractivity contribution in [3.63, 3.8) is 0 Å². The predicted molar refractivity (Wildman–Crippen MR) is 253 cm³/mol. The van der Waals surface area contributed by atoms with Gasteiger partial charge in [0.2, 0.25) is 0 Å². The average Bonchev–Trinajstić information content (AvgIpc) is 3.89. The van der Waals surface area contributed by atoms with E-state index in [4.69, 9.17) is 0 Å². The van der Waals surface area contributed by atoms with Gasteiger partial charge in [-0.2, -0.15) is 0 Å². The molecule has 7 aromatic carbocycles. The molecule has 2 heteroatoms. The van der Waals surface area contributed by atoms with Gasteiger partial charge in [0.05, 0.1) is 5.69 Å². The van der Waals surface area contributed by atoms with Crippen molar-refractivity contribution in [1.82, 2.24) is 0 Å². The zero-order valence-electron chi connectivity index (χ0n) is 35.0. The normalized spacial score (nSPS) is 17.4. The van der Waals surface area contributed by atoms with Crippen molar-refractivity contribution in [2.75, 3.05) is 4.90 Å². The Kier molecular flexibility index (Phi) is 7.28. The highest BCUT2D eigenvalue weighted by Crippen LogP contribution is 2.61. The van der Waals surface area contributed by atoms with E-state index in [2.05, 4.69) is 186 Å². The molecule has 1 aromatic heterocycles. The fraction of sp³-hybridized carbons (Fsp3) is 0.228. The third-order valence-corrected chi connectivity index (χ3v) is 16.0. The first kappa shape index (κ1) is 35.3. The minimum Gasteiger partial charge on any atom is -0.309 e. The summed E-state index contributed by atoms with van der Waals surface area (Å²) in [6, 6.07) is 53.7. The van der Waals surface area contributed by atoms with Crippen LogP contribution in [0.3, 0.4) is 0 Å². The Labute approximate surface area is 352 Å². The van der Waals surface area contributed by atoms with Gasteiger partial charge in [0.15, 0.2) is 0 Å². The number of benzene rings is 7. The van der Waals surface area contributed by atoms with Crippen LogP contribution in [0.5, 0.6) is 0 Å². The highest BCUT2D eigenvalue weighted by Gasteiger charge is 2.43. The fourth-order valence-corrected chi connectivity index (χ4v) is 13.0. The second-order valence-electron chi connectivity index (χ2n) is 19.1. The zero-order chi connectivity index (χ0) is 40.0. The molecule has 0 aliphatic heterocycles. The number of hydrogen-bond acceptors (Lipinski definition) is 2. The van der Waals surface area contributed by atoms with E-state index in [1.54, 1.807) is 11.1 Å². The molecule has 1 nitrogen and oxygen atoms in total. The first-order valence-corrected chi connectivity index (χ1v) is 22.5. The van der Waals surface area contributed by atoms with E-state index in [-0.39, 0.29) is 16.2 Å². The lowest BCUT2D eigenvalue weighted by Crippen LogP contribution is -2.20. The van der Waals surface area contributed by atoms with Crippen LogP contribution in [0, 0.1) is 0 Å². The fourth-order valence-electron chi connectivity index (χ4n) is 11.9. The van der Waals surface area contributed by atoms with Crippen LogP contribution in [0.4, 0.5) is 17.1 Å². The Morgan fingerprint density at radius 2 is 1.07 bits per heavy atom. The van der Waals surface area contributed by atoms with E-state index >= 15 is 0 Å². The standard InChI is InChI=1S/C57H49NS/c1-55(2)44-21-13-10-18-38(44)40-28-25-36(31-47(40)55)58(37-26-29-41-39-19-11-14-22-45(39)56(3,4)48(41)32-37)54-52-42-20-12-15-23-46(42)57(5,6)49(52)33-51-53(54)43-27-24-35(30-50(43)59-51)34-16-8-7-9-17-34/h7-10,12-13,15-18,20-21,23-33H,11,14,19,22H2,1-6H3. The summed E-state index contributed by atoms with van der Waals surface area (Å²) in [5.74, 6) is 0. The molecule has 0 amide bonds. The lowest BCUT2D eigenvalue weighted by Gasteiger charge is -2.33. The van der Waals surface area contributed by atoms with E-state index in [1.165, 1.54) is 130 Å². The number of fused-ring (bicyclic) bond motifs is 11. The van der Waals surface area contributed by atoms with Crippen molar-refractivity contribution in [2.45, 2.75) is 83.5 Å². The molecule has 0 saturated carbocycles. The van der Waals surface area contributed by atoms with Gasteiger partial charge in [-0.3, -0.25) is 0 Å². The number of rotatable bonds is 4. The molecular weight excluding hydrogens is 731 g/mol. The molecule has 0 atom stereocenters. The lowest BCUT2D eigenvalue weighted by atomic mass is 9.77. The number of hydrogen-bond donors (Lipinski definition) is 0. The molecule has 0 spiro atoms. The van der Waals surface area contributed by atoms with Crippen molar-refractivity contribution in [3.05, 3.63) is 178 Å². The minimum absolute atomic E-state index is 0.000197. The SMILES string of the molecule is CC1(C)C2=C(CCCC2)c2ccc(N(c3ccc4c(c3)C(C)(C)c3ccccc3-4)c3c4c(cc5sc6cc(-c7ccccc7)ccc6c35)C(C)(C)c3ccccc3-4)cc21. The largest absolute Gasteiger partial charge is 0.309 e. The molecule has 4 aliphatic rings. The van der Waals surface area contributed by atoms with Crippen molar-refractivity contribution >= 4 is 54.1 Å². The highest BCUT2D eigenvalue weighted by molar-refractivity contribution is 7.26. The summed E-state index contributed by atoms with van der Waals surface area (Å²) in [6.45, 7) is 14.7. The van der Waals surface area contributed by atoms with Gasteiger partial charge in [-0.05, 0) is 129 Å². The van der Waals surface area contributed by atoms with Gasteiger partial charge in [0.1, 0.15) is 0 Å². The van der Waals surface area contributed by atoms with Crippen LogP contribution < -0.4 is 4.90 Å². The highest BCUT2D eigenvalue weighted by atomic mass is 32.1. The molecule has 12 rings (SSSR count). The molecule has 59 heavy (non-hydrogen) atoms. The summed E-state index contributed by atoms with van der Waals surface area (Å²) in [4.78, 5) is 2.68. The van der Waals surface area contributed by atoms with Gasteiger partial charge in [0, 0.05) is 53.4 Å². The Hall–Kier alpha value is -5.70. The van der Waals surface area contributed by atoms with Gasteiger partial charge in [0.25, 0.3) is 0 Å². The molecule has 0 bridgehead atoms. The van der Waals surface area contributed by atoms with E-state index in [0.29, 0.717) is 0 Å². The molecule has 0 radical (unpaired) electrons. The van der Waals surface area contributed by atoms with E-state index in [1.807, 2.05) is 11.3 Å². The Morgan fingerprint density at radius 1 is 0.458 bits per heavy atom. The van der Waals surface area contributed by atoms with Gasteiger partial charge in [-0.15, -0.1) is 11.3 Å². The van der Waals surface area contributed by atoms with Crippen LogP contribution in [0.1, 0.15) is 101 Å². The Balaban J connectivity index is 1.19. The van der Waals surface area contributed by atoms with Crippen LogP contribution in [0.25, 0.3) is 59.1 Å². The Bertz CT molecular complexity index is 3130. The number of nitrogens with zero attached hydrogens (tertiary/aromatic N) is 1. The lowest BCUT2D eigenvalue weighted by molar-refractivity contribution is 0.574. The maximum Gasteiger partial charge on any atom is 0.0636 e. The summed E-state index contributed by atoms with van der Waals surface area (Å²) in [7, 11) is 0. The predicted octanol–water partition coefficient (Wildman–Crippen LogP) is 16.4. The molecule has 0 N–H and O–H groups in total. The molecular formula is C57H49NS. The van der Waals surface area contributed by atoms with Crippen LogP contribution >= 0.6 is 11.3 Å². The van der Waals surface area contributed by atoms with Crippen molar-refractivity contribution in [2.24, 2.45) is 0 Å². The summed E-state index contributed by atoms with van der Waals surface area (Å²) < 4.78 is 2.67. The van der Waals surface area contributed by atoms with Gasteiger partial charge >= 0.3 is 0 Å². The molecule has 4 aliphatic carbocycles. The smallest absolute Gasteiger partial charge is 0.0636 e. The van der Waals surface area contributed by atoms with Crippen LogP contribution in [0.15, 0.2) is 145 Å². The second-order valence-corrected chi connectivity index (χ2v) is 20.2. The first-order valence-electron chi connectivity index (χ1n) is 21.6. The monoisotopic (exact) mass is 779 g/mol. The quantitative estimate of drug-likeness (QED) is 0.172. The first-order chi connectivity index (χ1) is 28.5. The zero-order valence-corrected chi connectivity index (χ0v) is 35.8. The number of anilines is 3. The molecule has 0 fully saturated rings. The summed E-state index contributed by atoms with van der Waals surface area (Å²) in [5, 5.41) is 2.67. The van der Waals surface area contributed by atoms with E-state index in [9.17, 15) is 0 Å². The summed E-state index contributed by atoms with van der Waals surface area (Å²) in [5.41, 5.74) is 23.3. The topological polar surface area (TPSA) is 3.24 Å². The molecule has 0 saturated heterocycles. The van der Waals surface area contributed by atoms with Crippen LogP contribution in [-0.4, -0.2) is 0 Å². The molecule has 8 aromatic rings. The minimum atomic E-state index is -0.156. The van der Waals surface area contributed by atoms with E-state index in [0.717, 1.165) is 0 Å².